The number of likely N-dealkylation sites (N-methyl/N-ethyl adjacent to an activating group) is 1. The molecule has 1 saturated heterocycles. The van der Waals surface area contributed by atoms with Crippen molar-refractivity contribution in [2.24, 2.45) is 0 Å². The van der Waals surface area contributed by atoms with Crippen molar-refractivity contribution >= 4 is 24.0 Å². The number of benzene rings is 1. The Kier molecular flexibility index (Phi) is 6.21. The summed E-state index contributed by atoms with van der Waals surface area (Å²) in [6.07, 6.45) is 0.420. The Morgan fingerprint density at radius 1 is 1.53 bits per heavy atom. The molecule has 0 aromatic heterocycles. The smallest absolute Gasteiger partial charge is 0.225 e. The van der Waals surface area contributed by atoms with E-state index in [1.165, 1.54) is 12.1 Å². The van der Waals surface area contributed by atoms with Gasteiger partial charge in [0, 0.05) is 37.8 Å². The molecule has 0 unspecified atom stereocenters. The highest BCUT2D eigenvalue weighted by Crippen LogP contribution is 2.10. The molecule has 0 radical (unpaired) electrons. The van der Waals surface area contributed by atoms with Crippen LogP contribution in [0.25, 0.3) is 0 Å². The standard InChI is InChI=1S/C13H18FN3O.ClH/c1-17(12-8-15-9-12)6-5-13(18)16-11-4-2-3-10(14)7-11;/h2-4,7,12,15H,5-6,8-9H2,1H3,(H,16,18);1H. The zero-order valence-electron chi connectivity index (χ0n) is 10.9. The van der Waals surface area contributed by atoms with Crippen molar-refractivity contribution in [2.45, 2.75) is 12.5 Å². The molecule has 6 heteroatoms. The molecule has 1 aromatic rings. The molecule has 2 N–H and O–H groups in total. The predicted molar refractivity (Wildman–Crippen MR) is 76.2 cm³/mol. The van der Waals surface area contributed by atoms with Gasteiger partial charge in [-0.15, -0.1) is 12.4 Å². The molecule has 1 aliphatic heterocycles. The van der Waals surface area contributed by atoms with Crippen molar-refractivity contribution in [3.63, 3.8) is 0 Å². The van der Waals surface area contributed by atoms with Crippen LogP contribution in [0.1, 0.15) is 6.42 Å². The number of nitrogens with zero attached hydrogens (tertiary/aromatic N) is 1. The molecule has 0 bridgehead atoms. The zero-order valence-corrected chi connectivity index (χ0v) is 11.7. The average molecular weight is 288 g/mol. The predicted octanol–water partition coefficient (Wildman–Crippen LogP) is 1.48. The molecule has 1 amide bonds. The van der Waals surface area contributed by atoms with Gasteiger partial charge in [0.2, 0.25) is 5.91 Å². The molecular formula is C13H19ClFN3O. The number of anilines is 1. The molecule has 1 aliphatic rings. The van der Waals surface area contributed by atoms with E-state index in [2.05, 4.69) is 15.5 Å². The number of halogens is 2. The highest BCUT2D eigenvalue weighted by atomic mass is 35.5. The van der Waals surface area contributed by atoms with Crippen LogP contribution in [0, 0.1) is 5.82 Å². The Bertz CT molecular complexity index is 426. The highest BCUT2D eigenvalue weighted by Gasteiger charge is 2.21. The Morgan fingerprint density at radius 3 is 2.84 bits per heavy atom. The third kappa shape index (κ3) is 4.78. The van der Waals surface area contributed by atoms with Gasteiger partial charge in [0.1, 0.15) is 5.82 Å². The maximum atomic E-state index is 12.9. The van der Waals surface area contributed by atoms with Crippen LogP contribution in [-0.4, -0.2) is 43.5 Å². The van der Waals surface area contributed by atoms with Gasteiger partial charge in [0.05, 0.1) is 0 Å². The van der Waals surface area contributed by atoms with Crippen LogP contribution in [0.2, 0.25) is 0 Å². The maximum absolute atomic E-state index is 12.9. The van der Waals surface area contributed by atoms with Crippen molar-refractivity contribution in [3.8, 4) is 0 Å². The second-order valence-corrected chi connectivity index (χ2v) is 4.60. The minimum atomic E-state index is -0.342. The first kappa shape index (κ1) is 15.9. The Labute approximate surface area is 118 Å². The van der Waals surface area contributed by atoms with Gasteiger partial charge in [-0.2, -0.15) is 0 Å². The summed E-state index contributed by atoms with van der Waals surface area (Å²) >= 11 is 0. The molecule has 0 atom stereocenters. The third-order valence-corrected chi connectivity index (χ3v) is 3.18. The molecule has 0 spiro atoms. The molecule has 0 saturated carbocycles. The van der Waals surface area contributed by atoms with Crippen molar-refractivity contribution in [3.05, 3.63) is 30.1 Å². The van der Waals surface area contributed by atoms with Crippen LogP contribution in [0.3, 0.4) is 0 Å². The number of carbonyl (C=O) groups excluding carboxylic acids is 1. The van der Waals surface area contributed by atoms with Gasteiger partial charge in [0.15, 0.2) is 0 Å². The maximum Gasteiger partial charge on any atom is 0.225 e. The van der Waals surface area contributed by atoms with Crippen LogP contribution in [-0.2, 0) is 4.79 Å². The summed E-state index contributed by atoms with van der Waals surface area (Å²) in [5.74, 6) is -0.426. The lowest BCUT2D eigenvalue weighted by Gasteiger charge is -2.35. The highest BCUT2D eigenvalue weighted by molar-refractivity contribution is 5.90. The van der Waals surface area contributed by atoms with Crippen LogP contribution < -0.4 is 10.6 Å². The molecule has 106 valence electrons. The van der Waals surface area contributed by atoms with Crippen molar-refractivity contribution in [1.29, 1.82) is 0 Å². The van der Waals surface area contributed by atoms with Gasteiger partial charge >= 0.3 is 0 Å². The van der Waals surface area contributed by atoms with Gasteiger partial charge in [-0.25, -0.2) is 4.39 Å². The van der Waals surface area contributed by atoms with Crippen molar-refractivity contribution in [2.75, 3.05) is 32.0 Å². The van der Waals surface area contributed by atoms with E-state index in [4.69, 9.17) is 0 Å². The lowest BCUT2D eigenvalue weighted by atomic mass is 10.1. The van der Waals surface area contributed by atoms with E-state index in [0.29, 0.717) is 24.7 Å². The van der Waals surface area contributed by atoms with Gasteiger partial charge in [-0.05, 0) is 25.2 Å². The molecule has 0 aliphatic carbocycles. The van der Waals surface area contributed by atoms with E-state index in [-0.39, 0.29) is 24.1 Å². The van der Waals surface area contributed by atoms with Gasteiger partial charge in [0.25, 0.3) is 0 Å². The lowest BCUT2D eigenvalue weighted by Crippen LogP contribution is -2.56. The summed E-state index contributed by atoms with van der Waals surface area (Å²) in [6, 6.07) is 6.47. The van der Waals surface area contributed by atoms with Gasteiger partial charge < -0.3 is 15.5 Å². The Morgan fingerprint density at radius 2 is 2.26 bits per heavy atom. The first-order valence-electron chi connectivity index (χ1n) is 6.11. The van der Waals surface area contributed by atoms with Crippen molar-refractivity contribution in [1.82, 2.24) is 10.2 Å². The van der Waals surface area contributed by atoms with Crippen LogP contribution in [0.4, 0.5) is 10.1 Å². The average Bonchev–Trinajstić information content (AvgIpc) is 2.24. The Hall–Kier alpha value is -1.17. The molecule has 2 rings (SSSR count). The largest absolute Gasteiger partial charge is 0.326 e. The SMILES string of the molecule is CN(CCC(=O)Nc1cccc(F)c1)C1CNC1.Cl. The number of hydrogen-bond donors (Lipinski definition) is 2. The summed E-state index contributed by atoms with van der Waals surface area (Å²) in [7, 11) is 2.01. The first-order chi connectivity index (χ1) is 8.65. The fraction of sp³-hybridized carbons (Fsp3) is 0.462. The summed E-state index contributed by atoms with van der Waals surface area (Å²) in [6.45, 7) is 2.69. The molecule has 19 heavy (non-hydrogen) atoms. The van der Waals surface area contributed by atoms with E-state index < -0.39 is 0 Å². The number of hydrogen-bond acceptors (Lipinski definition) is 3. The second-order valence-electron chi connectivity index (χ2n) is 4.60. The summed E-state index contributed by atoms with van der Waals surface area (Å²) in [5, 5.41) is 5.88. The minimum Gasteiger partial charge on any atom is -0.326 e. The topological polar surface area (TPSA) is 44.4 Å². The monoisotopic (exact) mass is 287 g/mol. The fourth-order valence-corrected chi connectivity index (χ4v) is 1.84. The van der Waals surface area contributed by atoms with Crippen LogP contribution in [0.15, 0.2) is 24.3 Å². The van der Waals surface area contributed by atoms with E-state index in [1.807, 2.05) is 7.05 Å². The molecule has 1 fully saturated rings. The molecule has 1 aromatic carbocycles. The summed E-state index contributed by atoms with van der Waals surface area (Å²) in [4.78, 5) is 13.8. The van der Waals surface area contributed by atoms with Crippen LogP contribution >= 0.6 is 12.4 Å². The minimum absolute atomic E-state index is 0. The fourth-order valence-electron chi connectivity index (χ4n) is 1.84. The first-order valence-corrected chi connectivity index (χ1v) is 6.11. The summed E-state index contributed by atoms with van der Waals surface area (Å²) in [5.41, 5.74) is 0.507. The number of rotatable bonds is 5. The quantitative estimate of drug-likeness (QED) is 0.862. The second kappa shape index (κ2) is 7.43. The van der Waals surface area contributed by atoms with E-state index in [1.54, 1.807) is 12.1 Å². The van der Waals surface area contributed by atoms with Crippen LogP contribution in [0.5, 0.6) is 0 Å². The van der Waals surface area contributed by atoms with Crippen molar-refractivity contribution < 1.29 is 9.18 Å². The number of amides is 1. The normalized spacial score (nSPS) is 14.7. The summed E-state index contributed by atoms with van der Waals surface area (Å²) < 4.78 is 12.9. The van der Waals surface area contributed by atoms with E-state index in [0.717, 1.165) is 13.1 Å². The molecule has 4 nitrogen and oxygen atoms in total. The van der Waals surface area contributed by atoms with E-state index in [9.17, 15) is 9.18 Å². The lowest BCUT2D eigenvalue weighted by molar-refractivity contribution is -0.116. The Balaban J connectivity index is 0.00000180. The number of nitrogens with one attached hydrogen (secondary N) is 2. The third-order valence-electron chi connectivity index (χ3n) is 3.18. The van der Waals surface area contributed by atoms with Gasteiger partial charge in [-0.1, -0.05) is 6.07 Å². The van der Waals surface area contributed by atoms with Gasteiger partial charge in [-0.3, -0.25) is 4.79 Å². The molecular weight excluding hydrogens is 269 g/mol. The number of carbonyl (C=O) groups is 1. The zero-order chi connectivity index (χ0) is 13.0. The van der Waals surface area contributed by atoms with E-state index >= 15 is 0 Å². The molecule has 1 heterocycles.